The summed E-state index contributed by atoms with van der Waals surface area (Å²) < 4.78 is 0. The lowest BCUT2D eigenvalue weighted by Crippen LogP contribution is -2.37. The van der Waals surface area contributed by atoms with Gasteiger partial charge in [0.15, 0.2) is 0 Å². The average molecular weight is 258 g/mol. The Kier molecular flexibility index (Phi) is 3.87. The van der Waals surface area contributed by atoms with Crippen molar-refractivity contribution in [1.82, 2.24) is 5.32 Å². The summed E-state index contributed by atoms with van der Waals surface area (Å²) in [5, 5.41) is 3.10. The summed E-state index contributed by atoms with van der Waals surface area (Å²) in [7, 11) is 0. The molecule has 1 aliphatic carbocycles. The predicted octanol–water partition coefficient (Wildman–Crippen LogP) is 3.19. The Morgan fingerprint density at radius 3 is 3.00 bits per heavy atom. The van der Waals surface area contributed by atoms with E-state index in [9.17, 15) is 4.79 Å². The van der Waals surface area contributed by atoms with Crippen LogP contribution >= 0.6 is 22.9 Å². The Labute approximate surface area is 105 Å². The van der Waals surface area contributed by atoms with Gasteiger partial charge >= 0.3 is 0 Å². The number of hydrogen-bond donors (Lipinski definition) is 1. The van der Waals surface area contributed by atoms with Crippen LogP contribution in [0.15, 0.2) is 12.1 Å². The van der Waals surface area contributed by atoms with Crippen molar-refractivity contribution in [2.45, 2.75) is 32.2 Å². The highest BCUT2D eigenvalue weighted by Crippen LogP contribution is 2.27. The quantitative estimate of drug-likeness (QED) is 0.828. The number of aryl methyl sites for hydroxylation is 1. The molecule has 1 fully saturated rings. The van der Waals surface area contributed by atoms with Gasteiger partial charge in [-0.25, -0.2) is 0 Å². The van der Waals surface area contributed by atoms with Crippen LogP contribution in [0.25, 0.3) is 0 Å². The number of halogens is 1. The molecule has 4 heteroatoms. The number of hydrogen-bond acceptors (Lipinski definition) is 2. The molecule has 0 radical (unpaired) electrons. The molecule has 2 unspecified atom stereocenters. The monoisotopic (exact) mass is 257 g/mol. The molecule has 1 N–H and O–H groups in total. The van der Waals surface area contributed by atoms with Crippen LogP contribution in [0.3, 0.4) is 0 Å². The molecule has 1 aliphatic rings. The van der Waals surface area contributed by atoms with E-state index in [-0.39, 0.29) is 11.9 Å². The van der Waals surface area contributed by atoms with E-state index < -0.39 is 0 Å². The lowest BCUT2D eigenvalue weighted by molar-refractivity contribution is 0.0934. The molecule has 2 rings (SSSR count). The number of carbonyl (C=O) groups excluding carboxylic acids is 1. The topological polar surface area (TPSA) is 29.1 Å². The summed E-state index contributed by atoms with van der Waals surface area (Å²) in [4.78, 5) is 13.9. The number of thiophene rings is 1. The van der Waals surface area contributed by atoms with Crippen LogP contribution in [0.1, 0.15) is 33.8 Å². The van der Waals surface area contributed by atoms with Gasteiger partial charge in [0, 0.05) is 16.8 Å². The maximum absolute atomic E-state index is 11.9. The Bertz CT molecular complexity index is 377. The van der Waals surface area contributed by atoms with Gasteiger partial charge in [-0.2, -0.15) is 0 Å². The van der Waals surface area contributed by atoms with Crippen molar-refractivity contribution in [2.75, 3.05) is 5.88 Å². The maximum Gasteiger partial charge on any atom is 0.261 e. The molecule has 0 aliphatic heterocycles. The smallest absolute Gasteiger partial charge is 0.261 e. The van der Waals surface area contributed by atoms with Gasteiger partial charge in [0.1, 0.15) is 0 Å². The van der Waals surface area contributed by atoms with E-state index in [2.05, 4.69) is 5.32 Å². The highest BCUT2D eigenvalue weighted by atomic mass is 35.5. The summed E-state index contributed by atoms with van der Waals surface area (Å²) in [6.45, 7) is 2.01. The normalized spacial score (nSPS) is 24.6. The molecule has 1 aromatic heterocycles. The average Bonchev–Trinajstić information content (AvgIpc) is 2.86. The second-order valence-electron chi connectivity index (χ2n) is 4.34. The third kappa shape index (κ3) is 2.58. The summed E-state index contributed by atoms with van der Waals surface area (Å²) in [6, 6.07) is 4.14. The van der Waals surface area contributed by atoms with E-state index in [4.69, 9.17) is 11.6 Å². The van der Waals surface area contributed by atoms with Crippen molar-refractivity contribution < 1.29 is 4.79 Å². The third-order valence-electron chi connectivity index (χ3n) is 3.14. The van der Waals surface area contributed by atoms with Gasteiger partial charge in [-0.3, -0.25) is 4.79 Å². The van der Waals surface area contributed by atoms with Gasteiger partial charge in [0.05, 0.1) is 4.88 Å². The van der Waals surface area contributed by atoms with Crippen LogP contribution in [-0.2, 0) is 0 Å². The van der Waals surface area contributed by atoms with E-state index in [1.165, 1.54) is 11.3 Å². The highest BCUT2D eigenvalue weighted by Gasteiger charge is 2.28. The van der Waals surface area contributed by atoms with Crippen LogP contribution in [0.4, 0.5) is 0 Å². The zero-order chi connectivity index (χ0) is 11.5. The first kappa shape index (κ1) is 11.9. The summed E-state index contributed by atoms with van der Waals surface area (Å²) in [6.07, 6.45) is 3.37. The van der Waals surface area contributed by atoms with Crippen molar-refractivity contribution in [3.8, 4) is 0 Å². The molecule has 1 heterocycles. The minimum atomic E-state index is 0.0557. The first-order valence-electron chi connectivity index (χ1n) is 5.64. The van der Waals surface area contributed by atoms with E-state index in [0.717, 1.165) is 17.7 Å². The van der Waals surface area contributed by atoms with Crippen molar-refractivity contribution in [3.63, 3.8) is 0 Å². The molecule has 88 valence electrons. The van der Waals surface area contributed by atoms with Crippen LogP contribution in [0.2, 0.25) is 0 Å². The van der Waals surface area contributed by atoms with Gasteiger partial charge in [-0.05, 0) is 37.8 Å². The maximum atomic E-state index is 11.9. The third-order valence-corrected chi connectivity index (χ3v) is 4.53. The van der Waals surface area contributed by atoms with Crippen LogP contribution < -0.4 is 5.32 Å². The molecule has 1 aromatic rings. The van der Waals surface area contributed by atoms with Crippen molar-refractivity contribution in [3.05, 3.63) is 21.9 Å². The van der Waals surface area contributed by atoms with Crippen LogP contribution in [-0.4, -0.2) is 17.8 Å². The largest absolute Gasteiger partial charge is 0.348 e. The molecule has 0 aromatic carbocycles. The van der Waals surface area contributed by atoms with E-state index in [1.54, 1.807) is 11.3 Å². The molecule has 1 saturated carbocycles. The molecular weight excluding hydrogens is 242 g/mol. The van der Waals surface area contributed by atoms with Gasteiger partial charge in [0.25, 0.3) is 5.91 Å². The second kappa shape index (κ2) is 5.19. The Hall–Kier alpha value is -0.540. The first-order valence-corrected chi connectivity index (χ1v) is 6.99. The lowest BCUT2D eigenvalue weighted by atomic mass is 10.1. The highest BCUT2D eigenvalue weighted by molar-refractivity contribution is 7.13. The minimum Gasteiger partial charge on any atom is -0.348 e. The van der Waals surface area contributed by atoms with Crippen LogP contribution in [0.5, 0.6) is 0 Å². The fourth-order valence-corrected chi connectivity index (χ4v) is 3.35. The molecule has 16 heavy (non-hydrogen) atoms. The SMILES string of the molecule is Cc1ccc(C(=O)NC2CCCC2CCl)s1. The summed E-state index contributed by atoms with van der Waals surface area (Å²) in [5.41, 5.74) is 0. The van der Waals surface area contributed by atoms with Gasteiger partial charge < -0.3 is 5.32 Å². The predicted molar refractivity (Wildman–Crippen MR) is 68.4 cm³/mol. The number of amides is 1. The zero-order valence-corrected chi connectivity index (χ0v) is 10.9. The van der Waals surface area contributed by atoms with Gasteiger partial charge in [0.2, 0.25) is 0 Å². The molecule has 2 nitrogen and oxygen atoms in total. The molecular formula is C12H16ClNOS. The molecule has 0 bridgehead atoms. The fourth-order valence-electron chi connectivity index (χ4n) is 2.21. The van der Waals surface area contributed by atoms with E-state index in [1.807, 2.05) is 19.1 Å². The first-order chi connectivity index (χ1) is 7.70. The lowest BCUT2D eigenvalue weighted by Gasteiger charge is -2.18. The van der Waals surface area contributed by atoms with Gasteiger partial charge in [-0.15, -0.1) is 22.9 Å². The second-order valence-corrected chi connectivity index (χ2v) is 5.93. The molecule has 1 amide bonds. The van der Waals surface area contributed by atoms with Crippen molar-refractivity contribution >= 4 is 28.8 Å². The van der Waals surface area contributed by atoms with E-state index >= 15 is 0 Å². The van der Waals surface area contributed by atoms with Gasteiger partial charge in [-0.1, -0.05) is 6.42 Å². The standard InChI is InChI=1S/C12H16ClNOS/c1-8-5-6-11(16-8)12(15)14-10-4-2-3-9(10)7-13/h5-6,9-10H,2-4,7H2,1H3,(H,14,15). The number of carbonyl (C=O) groups is 1. The van der Waals surface area contributed by atoms with Crippen molar-refractivity contribution in [1.29, 1.82) is 0 Å². The summed E-state index contributed by atoms with van der Waals surface area (Å²) in [5.74, 6) is 1.15. The Morgan fingerprint density at radius 1 is 1.56 bits per heavy atom. The Balaban J connectivity index is 1.97. The molecule has 0 saturated heterocycles. The number of alkyl halides is 1. The minimum absolute atomic E-state index is 0.0557. The number of nitrogens with one attached hydrogen (secondary N) is 1. The Morgan fingerprint density at radius 2 is 2.38 bits per heavy atom. The number of rotatable bonds is 3. The van der Waals surface area contributed by atoms with Crippen LogP contribution in [0, 0.1) is 12.8 Å². The zero-order valence-electron chi connectivity index (χ0n) is 9.33. The fraction of sp³-hybridized carbons (Fsp3) is 0.583. The van der Waals surface area contributed by atoms with E-state index in [0.29, 0.717) is 11.8 Å². The molecule has 2 atom stereocenters. The summed E-state index contributed by atoms with van der Waals surface area (Å²) >= 11 is 7.43. The molecule has 0 spiro atoms. The van der Waals surface area contributed by atoms with Crippen molar-refractivity contribution in [2.24, 2.45) is 5.92 Å².